The van der Waals surface area contributed by atoms with Gasteiger partial charge < -0.3 is 8.83 Å². The number of benzene rings is 17. The Balaban J connectivity index is 0.000000149. The van der Waals surface area contributed by atoms with Crippen LogP contribution in [0.5, 0.6) is 0 Å². The maximum absolute atomic E-state index is 9.44. The van der Waals surface area contributed by atoms with Gasteiger partial charge >= 0.3 is 0 Å². The molecule has 0 bridgehead atoms. The molecule has 0 radical (unpaired) electrons. The molecular weight excluding hydrogens is 1060 g/mol. The van der Waals surface area contributed by atoms with E-state index in [0.29, 0.717) is 66.8 Å². The lowest BCUT2D eigenvalue weighted by molar-refractivity contribution is 0.669. The minimum absolute atomic E-state index is 0.172. The fourth-order valence-corrected chi connectivity index (χ4v) is 13.4. The molecule has 0 aliphatic heterocycles. The van der Waals surface area contributed by atoms with Gasteiger partial charge in [-0.15, -0.1) is 0 Å². The van der Waals surface area contributed by atoms with Gasteiger partial charge in [0, 0.05) is 21.5 Å². The molecule has 88 heavy (non-hydrogen) atoms. The van der Waals surface area contributed by atoms with Crippen molar-refractivity contribution in [3.63, 3.8) is 0 Å². The van der Waals surface area contributed by atoms with Crippen LogP contribution in [0.1, 0.15) is 21.9 Å². The lowest BCUT2D eigenvalue weighted by Crippen LogP contribution is -1.92. The Hall–Kier alpha value is -11.6. The van der Waals surface area contributed by atoms with E-state index in [1.54, 1.807) is 12.1 Å². The SMILES string of the molecule is [2H]c1c([2H])c([2H])c2c(-c3ccc4oc5cc6ccccc6cc5c4c3)c3c([2H])c([2H])c([2H])c([2H])c3c(-c3cc(-c4ccccc4)c4ccccc4c3)c2c1[2H].[2H]c1c([2H])c([2H])c2c(-c3cccc4ccccc34)c3c([2H])c([2H])c([2H])c([2H])c3c(-c3ccc4oc5cc6ccccc6cc5c4c3)c2c1[2H]. The topological polar surface area (TPSA) is 26.3 Å². The molecule has 19 rings (SSSR count). The van der Waals surface area contributed by atoms with E-state index in [0.717, 1.165) is 75.8 Å². The van der Waals surface area contributed by atoms with Gasteiger partial charge in [-0.1, -0.05) is 254 Å². The number of fused-ring (bicyclic) bond motifs is 14. The second kappa shape index (κ2) is 20.0. The lowest BCUT2D eigenvalue weighted by atomic mass is 9.84. The Kier molecular flexibility index (Phi) is 8.26. The summed E-state index contributed by atoms with van der Waals surface area (Å²) in [5.41, 5.74) is 7.94. The molecule has 0 saturated carbocycles. The molecule has 0 N–H and O–H groups in total. The minimum atomic E-state index is -0.435. The highest BCUT2D eigenvalue weighted by Gasteiger charge is 2.22. The molecular formula is C86H52O2. The van der Waals surface area contributed by atoms with Crippen molar-refractivity contribution in [2.24, 2.45) is 0 Å². The van der Waals surface area contributed by atoms with Crippen molar-refractivity contribution in [2.45, 2.75) is 0 Å². The second-order valence-electron chi connectivity index (χ2n) is 22.2. The van der Waals surface area contributed by atoms with Gasteiger partial charge in [-0.05, 0) is 202 Å². The Morgan fingerprint density at radius 2 is 0.557 bits per heavy atom. The normalized spacial score (nSPS) is 14.4. The molecule has 17 aromatic carbocycles. The molecule has 2 heterocycles. The van der Waals surface area contributed by atoms with E-state index < -0.39 is 48.3 Å². The van der Waals surface area contributed by atoms with E-state index in [2.05, 4.69) is 12.1 Å². The van der Waals surface area contributed by atoms with Crippen molar-refractivity contribution in [3.05, 3.63) is 315 Å². The lowest BCUT2D eigenvalue weighted by Gasteiger charge is -2.19. The molecule has 408 valence electrons. The van der Waals surface area contributed by atoms with Crippen LogP contribution in [-0.4, -0.2) is 0 Å². The first kappa shape index (κ1) is 36.3. The molecule has 0 fully saturated rings. The number of hydrogen-bond acceptors (Lipinski definition) is 2. The van der Waals surface area contributed by atoms with Gasteiger partial charge in [0.15, 0.2) is 0 Å². The third-order valence-corrected chi connectivity index (χ3v) is 17.3. The van der Waals surface area contributed by atoms with Crippen molar-refractivity contribution < 1.29 is 30.8 Å². The van der Waals surface area contributed by atoms with Crippen molar-refractivity contribution in [1.82, 2.24) is 0 Å². The third kappa shape index (κ3) is 7.97. The van der Waals surface area contributed by atoms with E-state index in [-0.39, 0.29) is 91.4 Å². The molecule has 2 heteroatoms. The molecule has 0 spiro atoms. The van der Waals surface area contributed by atoms with Gasteiger partial charge in [-0.25, -0.2) is 0 Å². The van der Waals surface area contributed by atoms with E-state index in [9.17, 15) is 11.0 Å². The Bertz CT molecular complexity index is 6900. The summed E-state index contributed by atoms with van der Waals surface area (Å²) in [5, 5.41) is 12.3. The third-order valence-electron chi connectivity index (χ3n) is 17.3. The van der Waals surface area contributed by atoms with Gasteiger partial charge in [-0.3, -0.25) is 0 Å². The molecule has 0 unspecified atom stereocenters. The highest BCUT2D eigenvalue weighted by Crippen LogP contribution is 2.49. The summed E-state index contributed by atoms with van der Waals surface area (Å²) >= 11 is 0. The molecule has 19 aromatic rings. The predicted octanol–water partition coefficient (Wildman–Crippen LogP) is 24.7. The average Bonchev–Trinajstić information content (AvgIpc) is 0.723. The monoisotopic (exact) mass is 1130 g/mol. The Morgan fingerprint density at radius 3 is 1.03 bits per heavy atom. The zero-order chi connectivity index (χ0) is 71.7. The van der Waals surface area contributed by atoms with Crippen molar-refractivity contribution in [1.29, 1.82) is 0 Å². The predicted molar refractivity (Wildman–Crippen MR) is 375 cm³/mol. The van der Waals surface area contributed by atoms with Gasteiger partial charge in [0.05, 0.1) is 21.9 Å². The first-order chi connectivity index (χ1) is 50.3. The maximum atomic E-state index is 9.44. The van der Waals surface area contributed by atoms with E-state index in [1.807, 2.05) is 194 Å². The van der Waals surface area contributed by atoms with Crippen LogP contribution in [-0.2, 0) is 0 Å². The largest absolute Gasteiger partial charge is 0.456 e. The smallest absolute Gasteiger partial charge is 0.136 e. The van der Waals surface area contributed by atoms with Crippen LogP contribution < -0.4 is 0 Å². The minimum Gasteiger partial charge on any atom is -0.456 e. The fraction of sp³-hybridized carbons (Fsp3) is 0. The van der Waals surface area contributed by atoms with Gasteiger partial charge in [-0.2, -0.15) is 0 Å². The van der Waals surface area contributed by atoms with Crippen LogP contribution in [0.2, 0.25) is 0 Å². The molecule has 0 atom stereocenters. The first-order valence-corrected chi connectivity index (χ1v) is 29.0. The summed E-state index contributed by atoms with van der Waals surface area (Å²) in [6.45, 7) is 0. The first-order valence-electron chi connectivity index (χ1n) is 37.0. The number of furan rings is 2. The van der Waals surface area contributed by atoms with Crippen molar-refractivity contribution in [2.75, 3.05) is 0 Å². The summed E-state index contributed by atoms with van der Waals surface area (Å²) < 4.78 is 158. The standard InChI is InChI=1S/C46H28O.C40H24O/c1-2-12-29(13-3-1)40-27-34(24-32-16-6-7-17-35(32)40)46-38-20-10-8-18-36(38)45(37-19-9-11-21-39(37)46)33-22-23-43-41(26-33)42-25-30-14-4-5-15-31(30)28-44(42)47-43;1-2-12-27-24-38-36(22-26(27)11-1)35-23-28(20-21-37(35)41-38)39-31-15-5-7-17-33(31)40(34-18-8-6-16-32(34)39)30-19-9-13-25-10-3-4-14-29(25)30/h1-28H;1-24H/i8D,9D,10D,11D,18D,19D,20D,21D;5D,6D,7D,8D,15D,16D,17D,18D. The molecule has 2 nitrogen and oxygen atoms in total. The summed E-state index contributed by atoms with van der Waals surface area (Å²) in [7, 11) is 0. The van der Waals surface area contributed by atoms with Gasteiger partial charge in [0.25, 0.3) is 0 Å². The van der Waals surface area contributed by atoms with Crippen LogP contribution in [0.4, 0.5) is 0 Å². The van der Waals surface area contributed by atoms with E-state index in [1.165, 1.54) is 0 Å². The molecule has 0 aliphatic rings. The zero-order valence-electron chi connectivity index (χ0n) is 62.6. The summed E-state index contributed by atoms with van der Waals surface area (Å²) in [6, 6.07) is 64.2. The summed E-state index contributed by atoms with van der Waals surface area (Å²) in [4.78, 5) is 0. The highest BCUT2D eigenvalue weighted by molar-refractivity contribution is 6.26. The maximum Gasteiger partial charge on any atom is 0.136 e. The zero-order valence-corrected chi connectivity index (χ0v) is 46.6. The van der Waals surface area contributed by atoms with Crippen LogP contribution >= 0.6 is 0 Å². The highest BCUT2D eigenvalue weighted by atomic mass is 16.3. The van der Waals surface area contributed by atoms with Gasteiger partial charge in [0.1, 0.15) is 22.3 Å². The number of hydrogen-bond donors (Lipinski definition) is 0. The van der Waals surface area contributed by atoms with Crippen LogP contribution in [0.15, 0.2) is 324 Å². The van der Waals surface area contributed by atoms with Crippen LogP contribution in [0.3, 0.4) is 0 Å². The van der Waals surface area contributed by atoms with Crippen LogP contribution in [0.25, 0.3) is 186 Å². The summed E-state index contributed by atoms with van der Waals surface area (Å²) in [5.74, 6) is 0. The summed E-state index contributed by atoms with van der Waals surface area (Å²) in [6.07, 6.45) is 0. The quantitative estimate of drug-likeness (QED) is 0.161. The number of rotatable bonds is 5. The molecule has 2 aromatic heterocycles. The van der Waals surface area contributed by atoms with E-state index in [4.69, 9.17) is 19.8 Å². The fourth-order valence-electron chi connectivity index (χ4n) is 13.4. The van der Waals surface area contributed by atoms with E-state index >= 15 is 0 Å². The second-order valence-corrected chi connectivity index (χ2v) is 22.2. The average molecular weight is 1130 g/mol. The molecule has 0 aliphatic carbocycles. The van der Waals surface area contributed by atoms with Crippen molar-refractivity contribution in [3.8, 4) is 55.6 Å². The van der Waals surface area contributed by atoms with Crippen LogP contribution in [0, 0.1) is 0 Å². The van der Waals surface area contributed by atoms with Gasteiger partial charge in [0.2, 0.25) is 0 Å². The van der Waals surface area contributed by atoms with Crippen molar-refractivity contribution >= 4 is 130 Å². The Labute approximate surface area is 529 Å². The Morgan fingerprint density at radius 1 is 0.193 bits per heavy atom. The molecule has 0 amide bonds. The molecule has 0 saturated heterocycles.